The molecule has 1 aromatic rings. The van der Waals surface area contributed by atoms with E-state index >= 15 is 0 Å². The van der Waals surface area contributed by atoms with Crippen LogP contribution in [0.4, 0.5) is 5.69 Å². The number of carboxylic acid groups (broad SMARTS) is 1. The van der Waals surface area contributed by atoms with Crippen LogP contribution in [0.3, 0.4) is 0 Å². The number of fused-ring (bicyclic) bond motifs is 2. The van der Waals surface area contributed by atoms with Crippen LogP contribution in [0.5, 0.6) is 0 Å². The Hall–Kier alpha value is -2.34. The summed E-state index contributed by atoms with van der Waals surface area (Å²) in [6.07, 6.45) is 6.75. The molecule has 1 aromatic carbocycles. The van der Waals surface area contributed by atoms with Gasteiger partial charge in [-0.2, -0.15) is 0 Å². The summed E-state index contributed by atoms with van der Waals surface area (Å²) in [5, 5.41) is 15.6. The first-order valence-corrected chi connectivity index (χ1v) is 9.61. The van der Waals surface area contributed by atoms with E-state index in [-0.39, 0.29) is 23.7 Å². The van der Waals surface area contributed by atoms with Gasteiger partial charge >= 0.3 is 5.97 Å². The van der Waals surface area contributed by atoms with Gasteiger partial charge in [0, 0.05) is 11.6 Å². The number of hydrogen-bond acceptors (Lipinski definition) is 3. The Labute approximate surface area is 162 Å². The molecule has 3 aliphatic rings. The molecule has 7 heteroatoms. The number of carboxylic acids is 1. The summed E-state index contributed by atoms with van der Waals surface area (Å²) in [6.45, 7) is 0.608. The van der Waals surface area contributed by atoms with E-state index in [4.69, 9.17) is 11.6 Å². The Kier molecular flexibility index (Phi) is 4.68. The van der Waals surface area contributed by atoms with Gasteiger partial charge in [-0.05, 0) is 55.2 Å². The van der Waals surface area contributed by atoms with Crippen molar-refractivity contribution in [3.63, 3.8) is 0 Å². The van der Waals surface area contributed by atoms with Gasteiger partial charge < -0.3 is 15.7 Å². The predicted octanol–water partition coefficient (Wildman–Crippen LogP) is 2.94. The maximum atomic E-state index is 12.9. The number of carbonyl (C=O) groups is 3. The molecule has 2 amide bonds. The van der Waals surface area contributed by atoms with E-state index in [1.807, 2.05) is 12.2 Å². The van der Waals surface area contributed by atoms with E-state index < -0.39 is 17.8 Å². The molecule has 0 saturated heterocycles. The summed E-state index contributed by atoms with van der Waals surface area (Å²) in [5.41, 5.74) is 0.649. The molecule has 6 nitrogen and oxygen atoms in total. The van der Waals surface area contributed by atoms with Crippen LogP contribution in [-0.2, 0) is 9.59 Å². The Morgan fingerprint density at radius 1 is 1.11 bits per heavy atom. The molecule has 142 valence electrons. The molecule has 2 saturated carbocycles. The second kappa shape index (κ2) is 7.00. The van der Waals surface area contributed by atoms with Gasteiger partial charge in [0.25, 0.3) is 5.91 Å². The number of nitrogens with one attached hydrogen (secondary N) is 2. The number of halogens is 1. The van der Waals surface area contributed by atoms with E-state index in [9.17, 15) is 19.5 Å². The SMILES string of the molecule is O=C(NCC1CC1)c1cc(Cl)ccc1NC(=O)C1C2C=CC(C2)C1C(=O)O. The maximum absolute atomic E-state index is 12.9. The van der Waals surface area contributed by atoms with Gasteiger partial charge in [0.1, 0.15) is 0 Å². The number of hydrogen-bond donors (Lipinski definition) is 3. The highest BCUT2D eigenvalue weighted by atomic mass is 35.5. The van der Waals surface area contributed by atoms with Gasteiger partial charge in [-0.3, -0.25) is 14.4 Å². The Morgan fingerprint density at radius 3 is 2.48 bits per heavy atom. The summed E-state index contributed by atoms with van der Waals surface area (Å²) in [7, 11) is 0. The lowest BCUT2D eigenvalue weighted by Gasteiger charge is -2.24. The number of aliphatic carboxylic acids is 1. The highest BCUT2D eigenvalue weighted by molar-refractivity contribution is 6.31. The van der Waals surface area contributed by atoms with Gasteiger partial charge in [0.2, 0.25) is 5.91 Å². The molecule has 3 N–H and O–H groups in total. The van der Waals surface area contributed by atoms with Gasteiger partial charge in [0.05, 0.1) is 23.1 Å². The van der Waals surface area contributed by atoms with Crippen LogP contribution in [0.15, 0.2) is 30.4 Å². The first-order chi connectivity index (χ1) is 12.9. The first-order valence-electron chi connectivity index (χ1n) is 9.24. The standard InChI is InChI=1S/C20H21ClN2O4/c21-13-5-6-15(14(8-13)18(24)22-9-10-1-2-10)23-19(25)16-11-3-4-12(7-11)17(16)20(26)27/h3-6,8,10-12,16-17H,1-2,7,9H2,(H,22,24)(H,23,25)(H,26,27). The third-order valence-electron chi connectivity index (χ3n) is 5.78. The lowest BCUT2D eigenvalue weighted by molar-refractivity contribution is -0.146. The smallest absolute Gasteiger partial charge is 0.307 e. The van der Waals surface area contributed by atoms with Crippen molar-refractivity contribution in [2.45, 2.75) is 19.3 Å². The summed E-state index contributed by atoms with van der Waals surface area (Å²) >= 11 is 6.04. The van der Waals surface area contributed by atoms with Crippen LogP contribution >= 0.6 is 11.6 Å². The van der Waals surface area contributed by atoms with Crippen LogP contribution in [0.1, 0.15) is 29.6 Å². The molecule has 4 rings (SSSR count). The zero-order valence-electron chi connectivity index (χ0n) is 14.7. The molecular formula is C20H21ClN2O4. The minimum atomic E-state index is -0.953. The molecule has 2 fully saturated rings. The number of carbonyl (C=O) groups excluding carboxylic acids is 2. The van der Waals surface area contributed by atoms with E-state index in [0.29, 0.717) is 35.2 Å². The molecule has 0 aliphatic heterocycles. The molecule has 0 aromatic heterocycles. The third kappa shape index (κ3) is 3.58. The first kappa shape index (κ1) is 18.0. The fourth-order valence-electron chi connectivity index (χ4n) is 4.20. The second-order valence-corrected chi connectivity index (χ2v) is 8.11. The third-order valence-corrected chi connectivity index (χ3v) is 6.01. The topological polar surface area (TPSA) is 95.5 Å². The Bertz CT molecular complexity index is 833. The maximum Gasteiger partial charge on any atom is 0.307 e. The van der Waals surface area contributed by atoms with Crippen LogP contribution in [0.25, 0.3) is 0 Å². The Morgan fingerprint density at radius 2 is 1.81 bits per heavy atom. The number of rotatable bonds is 6. The molecule has 3 aliphatic carbocycles. The number of amides is 2. The van der Waals surface area contributed by atoms with Gasteiger partial charge in [-0.25, -0.2) is 0 Å². The van der Waals surface area contributed by atoms with Gasteiger partial charge in [-0.1, -0.05) is 23.8 Å². The molecule has 2 bridgehead atoms. The summed E-state index contributed by atoms with van der Waals surface area (Å²) < 4.78 is 0. The van der Waals surface area contributed by atoms with Crippen LogP contribution in [-0.4, -0.2) is 29.4 Å². The lowest BCUT2D eigenvalue weighted by Crippen LogP contribution is -2.37. The number of benzene rings is 1. The van der Waals surface area contributed by atoms with Crippen molar-refractivity contribution in [1.29, 1.82) is 0 Å². The molecule has 4 unspecified atom stereocenters. The van der Waals surface area contributed by atoms with Crippen LogP contribution in [0, 0.1) is 29.6 Å². The zero-order chi connectivity index (χ0) is 19.1. The van der Waals surface area contributed by atoms with Crippen LogP contribution in [0.2, 0.25) is 5.02 Å². The number of anilines is 1. The second-order valence-electron chi connectivity index (χ2n) is 7.67. The highest BCUT2D eigenvalue weighted by Crippen LogP contribution is 2.48. The minimum Gasteiger partial charge on any atom is -0.481 e. The van der Waals surface area contributed by atoms with Crippen molar-refractivity contribution >= 4 is 35.1 Å². The zero-order valence-corrected chi connectivity index (χ0v) is 15.4. The number of allylic oxidation sites excluding steroid dienone is 2. The average molecular weight is 389 g/mol. The Balaban J connectivity index is 1.53. The van der Waals surface area contributed by atoms with Crippen LogP contribution < -0.4 is 10.6 Å². The fourth-order valence-corrected chi connectivity index (χ4v) is 4.37. The van der Waals surface area contributed by atoms with E-state index in [2.05, 4.69) is 10.6 Å². The van der Waals surface area contributed by atoms with Crippen molar-refractivity contribution < 1.29 is 19.5 Å². The molecule has 0 spiro atoms. The summed E-state index contributed by atoms with van der Waals surface area (Å²) in [4.78, 5) is 37.0. The predicted molar refractivity (Wildman–Crippen MR) is 100 cm³/mol. The monoisotopic (exact) mass is 388 g/mol. The summed E-state index contributed by atoms with van der Waals surface area (Å²) in [5.74, 6) is -2.60. The molecule has 0 heterocycles. The fraction of sp³-hybridized carbons (Fsp3) is 0.450. The van der Waals surface area contributed by atoms with Crippen molar-refractivity contribution in [3.8, 4) is 0 Å². The van der Waals surface area contributed by atoms with Crippen molar-refractivity contribution in [1.82, 2.24) is 5.32 Å². The quantitative estimate of drug-likeness (QED) is 0.653. The summed E-state index contributed by atoms with van der Waals surface area (Å²) in [6, 6.07) is 4.71. The molecule has 0 radical (unpaired) electrons. The lowest BCUT2D eigenvalue weighted by atomic mass is 9.82. The molecular weight excluding hydrogens is 368 g/mol. The van der Waals surface area contributed by atoms with Crippen molar-refractivity contribution in [3.05, 3.63) is 40.9 Å². The molecule has 4 atom stereocenters. The van der Waals surface area contributed by atoms with Crippen molar-refractivity contribution in [2.75, 3.05) is 11.9 Å². The highest BCUT2D eigenvalue weighted by Gasteiger charge is 2.51. The van der Waals surface area contributed by atoms with Crippen molar-refractivity contribution in [2.24, 2.45) is 29.6 Å². The van der Waals surface area contributed by atoms with Gasteiger partial charge in [0.15, 0.2) is 0 Å². The van der Waals surface area contributed by atoms with E-state index in [0.717, 1.165) is 12.8 Å². The largest absolute Gasteiger partial charge is 0.481 e. The minimum absolute atomic E-state index is 0.0736. The van der Waals surface area contributed by atoms with E-state index in [1.54, 1.807) is 12.1 Å². The van der Waals surface area contributed by atoms with Gasteiger partial charge in [-0.15, -0.1) is 0 Å². The average Bonchev–Trinajstić information content (AvgIpc) is 3.24. The normalized spacial score (nSPS) is 28.2. The van der Waals surface area contributed by atoms with E-state index in [1.165, 1.54) is 6.07 Å². The molecule has 27 heavy (non-hydrogen) atoms.